The molecule has 0 N–H and O–H groups in total. The Labute approximate surface area is 133 Å². The predicted molar refractivity (Wildman–Crippen MR) is 88.3 cm³/mol. The van der Waals surface area contributed by atoms with Crippen LogP contribution in [0.5, 0.6) is 11.5 Å². The summed E-state index contributed by atoms with van der Waals surface area (Å²) in [4.78, 5) is 11.6. The fourth-order valence-electron chi connectivity index (χ4n) is 1.76. The van der Waals surface area contributed by atoms with Crippen LogP contribution in [-0.2, 0) is 9.53 Å². The van der Waals surface area contributed by atoms with E-state index < -0.39 is 0 Å². The van der Waals surface area contributed by atoms with Crippen LogP contribution in [0.4, 0.5) is 0 Å². The van der Waals surface area contributed by atoms with Crippen LogP contribution in [0.15, 0.2) is 24.3 Å². The summed E-state index contributed by atoms with van der Waals surface area (Å²) in [5.41, 5.74) is 0.815. The van der Waals surface area contributed by atoms with Crippen molar-refractivity contribution in [2.24, 2.45) is 0 Å². The summed E-state index contributed by atoms with van der Waals surface area (Å²) < 4.78 is 16.6. The lowest BCUT2D eigenvalue weighted by Crippen LogP contribution is -2.03. The van der Waals surface area contributed by atoms with E-state index in [1.54, 1.807) is 6.08 Å². The van der Waals surface area contributed by atoms with E-state index in [4.69, 9.17) is 14.2 Å². The summed E-state index contributed by atoms with van der Waals surface area (Å²) in [7, 11) is 0. The van der Waals surface area contributed by atoms with E-state index in [0.29, 0.717) is 31.3 Å². The van der Waals surface area contributed by atoms with E-state index in [1.165, 1.54) is 6.08 Å². The molecule has 0 atom stereocenters. The number of para-hydroxylation sites is 1. The maximum atomic E-state index is 11.6. The smallest absolute Gasteiger partial charge is 0.330 e. The van der Waals surface area contributed by atoms with Crippen LogP contribution in [0.2, 0.25) is 0 Å². The van der Waals surface area contributed by atoms with Crippen molar-refractivity contribution in [3.8, 4) is 11.5 Å². The molecule has 0 heterocycles. The average Bonchev–Trinajstić information content (AvgIpc) is 2.54. The second kappa shape index (κ2) is 10.7. The zero-order valence-corrected chi connectivity index (χ0v) is 13.8. The third-order valence-corrected chi connectivity index (χ3v) is 2.77. The van der Waals surface area contributed by atoms with Crippen LogP contribution in [0.1, 0.15) is 45.6 Å². The third kappa shape index (κ3) is 6.20. The number of hydrogen-bond donors (Lipinski definition) is 0. The lowest BCUT2D eigenvalue weighted by molar-refractivity contribution is -0.137. The Morgan fingerprint density at radius 3 is 2.36 bits per heavy atom. The number of carbonyl (C=O) groups is 1. The van der Waals surface area contributed by atoms with Gasteiger partial charge in [0.15, 0.2) is 11.5 Å². The second-order valence-corrected chi connectivity index (χ2v) is 4.87. The van der Waals surface area contributed by atoms with Crippen molar-refractivity contribution >= 4 is 12.0 Å². The zero-order chi connectivity index (χ0) is 16.2. The van der Waals surface area contributed by atoms with Gasteiger partial charge in [-0.3, -0.25) is 0 Å². The van der Waals surface area contributed by atoms with Gasteiger partial charge in [0.25, 0.3) is 0 Å². The van der Waals surface area contributed by atoms with E-state index in [2.05, 4.69) is 6.92 Å². The van der Waals surface area contributed by atoms with E-state index in [1.807, 2.05) is 32.0 Å². The van der Waals surface area contributed by atoms with Crippen molar-refractivity contribution in [3.63, 3.8) is 0 Å². The van der Waals surface area contributed by atoms with Crippen LogP contribution in [-0.4, -0.2) is 25.8 Å². The molecule has 122 valence electrons. The van der Waals surface area contributed by atoms with Crippen LogP contribution >= 0.6 is 0 Å². The third-order valence-electron chi connectivity index (χ3n) is 2.77. The first-order valence-corrected chi connectivity index (χ1v) is 7.96. The van der Waals surface area contributed by atoms with Gasteiger partial charge in [-0.1, -0.05) is 32.9 Å². The van der Waals surface area contributed by atoms with Gasteiger partial charge in [0.1, 0.15) is 0 Å². The molecule has 0 aliphatic heterocycles. The first-order chi connectivity index (χ1) is 10.7. The molecule has 0 fully saturated rings. The highest BCUT2D eigenvalue weighted by Gasteiger charge is 2.09. The average molecular weight is 306 g/mol. The number of esters is 1. The van der Waals surface area contributed by atoms with Gasteiger partial charge in [0.05, 0.1) is 19.8 Å². The van der Waals surface area contributed by atoms with Crippen LogP contribution in [0.25, 0.3) is 6.08 Å². The maximum Gasteiger partial charge on any atom is 0.330 e. The molecule has 0 radical (unpaired) electrons. The Hall–Kier alpha value is -1.97. The van der Waals surface area contributed by atoms with E-state index in [0.717, 1.165) is 24.8 Å². The lowest BCUT2D eigenvalue weighted by Gasteiger charge is -2.14. The molecule has 0 saturated heterocycles. The van der Waals surface area contributed by atoms with Crippen molar-refractivity contribution in [1.82, 2.24) is 0 Å². The van der Waals surface area contributed by atoms with Crippen molar-refractivity contribution in [2.45, 2.75) is 40.0 Å². The molecule has 0 bridgehead atoms. The van der Waals surface area contributed by atoms with E-state index in [9.17, 15) is 4.79 Å². The van der Waals surface area contributed by atoms with Gasteiger partial charge >= 0.3 is 5.97 Å². The first kappa shape index (κ1) is 18.1. The summed E-state index contributed by atoms with van der Waals surface area (Å²) in [6.07, 6.45) is 5.78. The molecule has 22 heavy (non-hydrogen) atoms. The van der Waals surface area contributed by atoms with Crippen LogP contribution in [0.3, 0.4) is 0 Å². The SMILES string of the molecule is CCCOC(=O)C=Cc1cccc(OCCC)c1OCCC. The Kier molecular flexibility index (Phi) is 8.80. The van der Waals surface area contributed by atoms with Gasteiger partial charge in [-0.25, -0.2) is 4.79 Å². The topological polar surface area (TPSA) is 44.8 Å². The summed E-state index contributed by atoms with van der Waals surface area (Å²) in [5.74, 6) is 1.04. The molecule has 0 aliphatic carbocycles. The number of ether oxygens (including phenoxy) is 3. The molecule has 4 heteroatoms. The Morgan fingerprint density at radius 2 is 1.68 bits per heavy atom. The van der Waals surface area contributed by atoms with Gasteiger partial charge in [0.2, 0.25) is 0 Å². The predicted octanol–water partition coefficient (Wildman–Crippen LogP) is 4.23. The molecule has 0 aliphatic rings. The van der Waals surface area contributed by atoms with E-state index >= 15 is 0 Å². The number of benzene rings is 1. The summed E-state index contributed by atoms with van der Waals surface area (Å²) in [5, 5.41) is 0. The van der Waals surface area contributed by atoms with Gasteiger partial charge < -0.3 is 14.2 Å². The molecule has 0 unspecified atom stereocenters. The minimum atomic E-state index is -0.344. The highest BCUT2D eigenvalue weighted by atomic mass is 16.5. The molecule has 1 rings (SSSR count). The van der Waals surface area contributed by atoms with Crippen LogP contribution in [0, 0.1) is 0 Å². The van der Waals surface area contributed by atoms with Gasteiger partial charge in [0, 0.05) is 11.6 Å². The Balaban J connectivity index is 2.90. The maximum absolute atomic E-state index is 11.6. The van der Waals surface area contributed by atoms with Gasteiger partial charge in [-0.15, -0.1) is 0 Å². The summed E-state index contributed by atoms with van der Waals surface area (Å²) >= 11 is 0. The fraction of sp³-hybridized carbons (Fsp3) is 0.500. The zero-order valence-electron chi connectivity index (χ0n) is 13.8. The number of hydrogen-bond acceptors (Lipinski definition) is 4. The second-order valence-electron chi connectivity index (χ2n) is 4.87. The highest BCUT2D eigenvalue weighted by Crippen LogP contribution is 2.32. The Morgan fingerprint density at radius 1 is 1.00 bits per heavy atom. The van der Waals surface area contributed by atoms with Crippen molar-refractivity contribution in [1.29, 1.82) is 0 Å². The largest absolute Gasteiger partial charge is 0.490 e. The summed E-state index contributed by atoms with van der Waals surface area (Å²) in [6, 6.07) is 5.67. The monoisotopic (exact) mass is 306 g/mol. The van der Waals surface area contributed by atoms with Gasteiger partial charge in [-0.2, -0.15) is 0 Å². The van der Waals surface area contributed by atoms with Crippen molar-refractivity contribution in [3.05, 3.63) is 29.8 Å². The molecule has 0 aromatic heterocycles. The number of carbonyl (C=O) groups excluding carboxylic acids is 1. The highest BCUT2D eigenvalue weighted by molar-refractivity contribution is 5.87. The fourth-order valence-corrected chi connectivity index (χ4v) is 1.76. The standard InChI is InChI=1S/C18H26O4/c1-4-12-20-16-9-7-8-15(18(16)22-14-6-3)10-11-17(19)21-13-5-2/h7-11H,4-6,12-14H2,1-3H3. The normalized spacial score (nSPS) is 10.7. The Bertz CT molecular complexity index is 480. The van der Waals surface area contributed by atoms with Crippen LogP contribution < -0.4 is 9.47 Å². The minimum absolute atomic E-state index is 0.344. The van der Waals surface area contributed by atoms with Gasteiger partial charge in [-0.05, 0) is 31.4 Å². The molecular weight excluding hydrogens is 280 g/mol. The molecule has 0 amide bonds. The van der Waals surface area contributed by atoms with Crippen molar-refractivity contribution < 1.29 is 19.0 Å². The van der Waals surface area contributed by atoms with Crippen molar-refractivity contribution in [2.75, 3.05) is 19.8 Å². The minimum Gasteiger partial charge on any atom is -0.490 e. The lowest BCUT2D eigenvalue weighted by atomic mass is 10.1. The molecular formula is C18H26O4. The first-order valence-electron chi connectivity index (χ1n) is 7.96. The number of rotatable bonds is 10. The summed E-state index contributed by atoms with van der Waals surface area (Å²) in [6.45, 7) is 7.74. The van der Waals surface area contributed by atoms with E-state index in [-0.39, 0.29) is 5.97 Å². The molecule has 0 spiro atoms. The quantitative estimate of drug-likeness (QED) is 0.479. The molecule has 4 nitrogen and oxygen atoms in total. The molecule has 1 aromatic carbocycles. The molecule has 1 aromatic rings. The molecule has 0 saturated carbocycles.